The van der Waals surface area contributed by atoms with Gasteiger partial charge in [-0.3, -0.25) is 0 Å². The summed E-state index contributed by atoms with van der Waals surface area (Å²) in [5, 5.41) is 0. The van der Waals surface area contributed by atoms with E-state index in [0.717, 1.165) is 0 Å². The van der Waals surface area contributed by atoms with Crippen molar-refractivity contribution in [3.05, 3.63) is 0 Å². The van der Waals surface area contributed by atoms with E-state index in [0.29, 0.717) is 0 Å². The van der Waals surface area contributed by atoms with Gasteiger partial charge in [0, 0.05) is 0 Å². The van der Waals surface area contributed by atoms with Crippen LogP contribution in [0.4, 0.5) is 0 Å². The number of hydrogen-bond donors (Lipinski definition) is 1. The molecule has 0 aliphatic carbocycles. The van der Waals surface area contributed by atoms with Gasteiger partial charge < -0.3 is 5.48 Å². The van der Waals surface area contributed by atoms with Crippen molar-refractivity contribution in [1.82, 2.24) is 0 Å². The summed E-state index contributed by atoms with van der Waals surface area (Å²) in [6.45, 7) is 0. The first-order valence-corrected chi connectivity index (χ1v) is 3.34. The molecule has 0 radical (unpaired) electrons. The Bertz CT molecular complexity index is 52.0. The van der Waals surface area contributed by atoms with Gasteiger partial charge in [-0.15, -0.1) is 0 Å². The van der Waals surface area contributed by atoms with Gasteiger partial charge in [0.15, 0.2) is 0 Å². The Balaban J connectivity index is 0. The summed E-state index contributed by atoms with van der Waals surface area (Å²) in [5.41, 5.74) is 0. The van der Waals surface area contributed by atoms with Gasteiger partial charge in [0.05, 0.1) is 0 Å². The quantitative estimate of drug-likeness (QED) is 0.432. The van der Waals surface area contributed by atoms with Crippen LogP contribution in [-0.4, -0.2) is 9.09 Å². The van der Waals surface area contributed by atoms with E-state index >= 15 is 0 Å². The van der Waals surface area contributed by atoms with Crippen LogP contribution in [0.2, 0.25) is 0 Å². The Morgan fingerprint density at radius 3 is 1.40 bits per heavy atom. The predicted molar refractivity (Wildman–Crippen MR) is 7.21 cm³/mol. The summed E-state index contributed by atoms with van der Waals surface area (Å²) in [7, 11) is 0. The molecule has 0 aliphatic heterocycles. The zero-order valence-corrected chi connectivity index (χ0v) is 4.41. The fourth-order valence-electron chi connectivity index (χ4n) is 0. The monoisotopic (exact) mass is 160 g/mol. The molecule has 0 heterocycles. The Hall–Kier alpha value is 0.260. The molecule has 0 saturated carbocycles. The van der Waals surface area contributed by atoms with Gasteiger partial charge >= 0.3 is 28.9 Å². The molecule has 0 aromatic rings. The molecule has 0 atom stereocenters. The van der Waals surface area contributed by atoms with Crippen LogP contribution in [0.15, 0.2) is 0 Å². The van der Waals surface area contributed by atoms with Gasteiger partial charge in [0.2, 0.25) is 0 Å². The molecule has 0 amide bonds. The van der Waals surface area contributed by atoms with E-state index in [1.807, 2.05) is 0 Å². The molecule has 0 aromatic carbocycles. The Morgan fingerprint density at radius 1 is 1.40 bits per heavy atom. The maximum atomic E-state index is 8.71. The number of rotatable bonds is 0. The van der Waals surface area contributed by atoms with Gasteiger partial charge in [0.1, 0.15) is 0 Å². The third-order valence-electron chi connectivity index (χ3n) is 0. The zero-order chi connectivity index (χ0) is 3.58. The van der Waals surface area contributed by atoms with Crippen molar-refractivity contribution >= 4 is 0 Å². The van der Waals surface area contributed by atoms with Gasteiger partial charge in [-0.1, -0.05) is 0 Å². The van der Waals surface area contributed by atoms with Crippen molar-refractivity contribution in [2.75, 3.05) is 0 Å². The van der Waals surface area contributed by atoms with Gasteiger partial charge in [-0.2, -0.15) is 0 Å². The predicted octanol–water partition coefficient (Wildman–Crippen LogP) is -1.62. The fourth-order valence-corrected chi connectivity index (χ4v) is 0. The van der Waals surface area contributed by atoms with Crippen LogP contribution in [0, 0.1) is 0 Å². The first-order valence-electron chi connectivity index (χ1n) is 0.565. The average molecular weight is 160 g/mol. The molecular formula is H3NbO4. The summed E-state index contributed by atoms with van der Waals surface area (Å²) in [6, 6.07) is 0. The van der Waals surface area contributed by atoms with Crippen molar-refractivity contribution in [3.8, 4) is 0 Å². The second kappa shape index (κ2) is 4.26. The molecule has 0 aromatic heterocycles. The number of hydrogen-bond acceptors (Lipinski definition) is 2. The van der Waals surface area contributed by atoms with E-state index in [4.69, 9.17) is 10.1 Å². The van der Waals surface area contributed by atoms with Crippen LogP contribution in [0.5, 0.6) is 0 Å². The van der Waals surface area contributed by atoms with E-state index in [1.165, 1.54) is 0 Å². The van der Waals surface area contributed by atoms with E-state index in [1.54, 1.807) is 0 Å². The van der Waals surface area contributed by atoms with Crippen LogP contribution in [0.25, 0.3) is 0 Å². The van der Waals surface area contributed by atoms with Crippen molar-refractivity contribution in [2.45, 2.75) is 0 Å². The summed E-state index contributed by atoms with van der Waals surface area (Å²) >= 11 is -3.95. The van der Waals surface area contributed by atoms with E-state index in [2.05, 4.69) is 0 Å². The average Bonchev–Trinajstić information content (AvgIpc) is 0.811. The van der Waals surface area contributed by atoms with Crippen LogP contribution in [0.3, 0.4) is 0 Å². The minimum absolute atomic E-state index is 0. The molecule has 5 heavy (non-hydrogen) atoms. The standard InChI is InChI=1S/Nb.2H2O.2O/h;2*1H2;;/q+1;;;;/p-1. The molecule has 3 N–H and O–H groups in total. The van der Waals surface area contributed by atoms with E-state index in [-0.39, 0.29) is 5.48 Å². The second-order valence-electron chi connectivity index (χ2n) is 0.238. The van der Waals surface area contributed by atoms with Crippen LogP contribution in [0.1, 0.15) is 0 Å². The normalized spacial score (nSPS) is 5.00. The zero-order valence-electron chi connectivity index (χ0n) is 2.21. The fraction of sp³-hybridized carbons (Fsp3) is 0. The van der Waals surface area contributed by atoms with Gasteiger partial charge in [-0.05, 0) is 0 Å². The molecule has 32 valence electrons. The third-order valence-corrected chi connectivity index (χ3v) is 0. The molecular weight excluding hydrogens is 157 g/mol. The SMILES string of the molecule is O.[O]=[Nb](=[O])[OH]. The molecule has 0 fully saturated rings. The van der Waals surface area contributed by atoms with Crippen LogP contribution >= 0.6 is 0 Å². The molecule has 0 saturated heterocycles. The Kier molecular flexibility index (Phi) is 7.65. The van der Waals surface area contributed by atoms with Crippen molar-refractivity contribution in [1.29, 1.82) is 0 Å². The molecule has 5 heteroatoms. The Morgan fingerprint density at radius 2 is 1.40 bits per heavy atom. The molecule has 0 spiro atoms. The molecule has 0 aliphatic rings. The Labute approximate surface area is 35.0 Å². The first kappa shape index (κ1) is 8.98. The molecule has 0 unspecified atom stereocenters. The summed E-state index contributed by atoms with van der Waals surface area (Å²) in [5.74, 6) is 0. The third kappa shape index (κ3) is 321. The molecule has 4 nitrogen and oxygen atoms in total. The van der Waals surface area contributed by atoms with Gasteiger partial charge in [0.25, 0.3) is 0 Å². The molecule has 0 bridgehead atoms. The molecule has 0 rings (SSSR count). The topological polar surface area (TPSA) is 85.9 Å². The summed E-state index contributed by atoms with van der Waals surface area (Å²) in [4.78, 5) is 0. The van der Waals surface area contributed by atoms with Crippen molar-refractivity contribution < 1.29 is 34.4 Å². The second-order valence-corrected chi connectivity index (χ2v) is 1.41. The minimum atomic E-state index is -3.95. The van der Waals surface area contributed by atoms with E-state index < -0.39 is 18.8 Å². The maximum absolute atomic E-state index is 8.71. The first-order chi connectivity index (χ1) is 1.73. The summed E-state index contributed by atoms with van der Waals surface area (Å²) in [6.07, 6.45) is 0. The van der Waals surface area contributed by atoms with Gasteiger partial charge in [-0.25, -0.2) is 0 Å². The van der Waals surface area contributed by atoms with Crippen molar-refractivity contribution in [2.24, 2.45) is 0 Å². The summed E-state index contributed by atoms with van der Waals surface area (Å²) < 4.78 is 24.6. The van der Waals surface area contributed by atoms with Crippen LogP contribution in [-0.2, 0) is 25.3 Å². The van der Waals surface area contributed by atoms with E-state index in [9.17, 15) is 0 Å². The van der Waals surface area contributed by atoms with Crippen LogP contribution < -0.4 is 0 Å². The van der Waals surface area contributed by atoms with Crippen molar-refractivity contribution in [3.63, 3.8) is 0 Å².